The molecule has 1 fully saturated rings. The van der Waals surface area contributed by atoms with Crippen molar-refractivity contribution >= 4 is 23.4 Å². The van der Waals surface area contributed by atoms with Crippen LogP contribution in [0.4, 0.5) is 5.95 Å². The normalized spacial score (nSPS) is 14.5. The van der Waals surface area contributed by atoms with Gasteiger partial charge >= 0.3 is 11.9 Å². The van der Waals surface area contributed by atoms with Crippen LogP contribution in [0.2, 0.25) is 0 Å². The van der Waals surface area contributed by atoms with E-state index in [-0.39, 0.29) is 24.3 Å². The Hall–Kier alpha value is -2.64. The van der Waals surface area contributed by atoms with Gasteiger partial charge in [-0.05, 0) is 40.0 Å². The Morgan fingerprint density at radius 2 is 1.65 bits per heavy atom. The molecular formula is C18H24N4O4. The molecule has 140 valence electrons. The summed E-state index contributed by atoms with van der Waals surface area (Å²) in [5.74, 6) is -0.533. The summed E-state index contributed by atoms with van der Waals surface area (Å²) in [5.41, 5.74) is 1.34. The molecule has 1 aliphatic heterocycles. The van der Waals surface area contributed by atoms with E-state index in [9.17, 15) is 9.59 Å². The van der Waals surface area contributed by atoms with Gasteiger partial charge in [-0.15, -0.1) is 5.10 Å². The lowest BCUT2D eigenvalue weighted by Crippen LogP contribution is -2.31. The predicted octanol–water partition coefficient (Wildman–Crippen LogP) is 2.38. The number of hydrogen-bond donors (Lipinski definition) is 0. The summed E-state index contributed by atoms with van der Waals surface area (Å²) in [6, 6.07) is 0. The summed E-state index contributed by atoms with van der Waals surface area (Å²) in [7, 11) is 0. The number of esters is 2. The maximum absolute atomic E-state index is 12.5. The molecule has 2 aromatic heterocycles. The number of nitrogens with zero attached hydrogens (tertiary/aromatic N) is 4. The Labute approximate surface area is 152 Å². The molecule has 3 rings (SSSR count). The highest BCUT2D eigenvalue weighted by Gasteiger charge is 2.29. The first kappa shape index (κ1) is 18.2. The van der Waals surface area contributed by atoms with Crippen LogP contribution in [-0.4, -0.2) is 52.8 Å². The van der Waals surface area contributed by atoms with Gasteiger partial charge in [0.25, 0.3) is 0 Å². The van der Waals surface area contributed by atoms with Gasteiger partial charge in [0.15, 0.2) is 0 Å². The third kappa shape index (κ3) is 3.23. The average Bonchev–Trinajstić information content (AvgIpc) is 2.95. The number of rotatable bonds is 5. The summed E-state index contributed by atoms with van der Waals surface area (Å²) >= 11 is 0. The first-order valence-corrected chi connectivity index (χ1v) is 9.06. The Bertz CT molecular complexity index is 824. The molecule has 0 aliphatic carbocycles. The number of carbonyl (C=O) groups is 2. The van der Waals surface area contributed by atoms with Gasteiger partial charge in [0.1, 0.15) is 5.56 Å². The lowest BCUT2D eigenvalue weighted by Gasteiger charge is -2.26. The molecule has 1 saturated heterocycles. The molecule has 0 spiro atoms. The Morgan fingerprint density at radius 3 is 2.27 bits per heavy atom. The van der Waals surface area contributed by atoms with E-state index in [2.05, 4.69) is 15.0 Å². The topological polar surface area (TPSA) is 86.0 Å². The number of hydrogen-bond acceptors (Lipinski definition) is 7. The first-order chi connectivity index (χ1) is 12.6. The number of piperidine rings is 1. The first-order valence-electron chi connectivity index (χ1n) is 9.06. The van der Waals surface area contributed by atoms with Crippen LogP contribution in [0.15, 0.2) is 6.20 Å². The molecule has 0 N–H and O–H groups in total. The molecule has 0 unspecified atom stereocenters. The molecule has 0 radical (unpaired) electrons. The third-order valence-corrected chi connectivity index (χ3v) is 4.50. The van der Waals surface area contributed by atoms with Crippen LogP contribution >= 0.6 is 0 Å². The third-order valence-electron chi connectivity index (χ3n) is 4.50. The van der Waals surface area contributed by atoms with E-state index in [0.717, 1.165) is 25.9 Å². The van der Waals surface area contributed by atoms with E-state index in [1.54, 1.807) is 31.5 Å². The van der Waals surface area contributed by atoms with Crippen molar-refractivity contribution in [3.8, 4) is 0 Å². The second-order valence-corrected chi connectivity index (χ2v) is 6.18. The summed E-state index contributed by atoms with van der Waals surface area (Å²) in [6.45, 7) is 7.43. The van der Waals surface area contributed by atoms with Crippen LogP contribution in [0.5, 0.6) is 0 Å². The van der Waals surface area contributed by atoms with E-state index in [1.807, 2.05) is 0 Å². The highest BCUT2D eigenvalue weighted by Crippen LogP contribution is 2.26. The van der Waals surface area contributed by atoms with Crippen molar-refractivity contribution in [3.05, 3.63) is 23.0 Å². The molecule has 0 amide bonds. The van der Waals surface area contributed by atoms with E-state index in [1.165, 1.54) is 6.42 Å². The van der Waals surface area contributed by atoms with Crippen molar-refractivity contribution in [2.75, 3.05) is 31.2 Å². The molecular weight excluding hydrogens is 336 g/mol. The standard InChI is InChI=1S/C18H24N4O4/c1-4-25-16(23)14-12(3)22-13(15(14)17(24)26-5-2)11-19-18(20-22)21-9-7-6-8-10-21/h11H,4-10H2,1-3H3. The fourth-order valence-electron chi connectivity index (χ4n) is 3.29. The molecule has 3 heterocycles. The summed E-state index contributed by atoms with van der Waals surface area (Å²) in [5, 5.41) is 4.58. The zero-order chi connectivity index (χ0) is 18.7. The van der Waals surface area contributed by atoms with Crippen LogP contribution in [-0.2, 0) is 9.47 Å². The molecule has 0 aromatic carbocycles. The summed E-state index contributed by atoms with van der Waals surface area (Å²) in [4.78, 5) is 31.5. The van der Waals surface area contributed by atoms with Crippen LogP contribution in [0.25, 0.3) is 5.52 Å². The zero-order valence-electron chi connectivity index (χ0n) is 15.4. The predicted molar refractivity (Wildman–Crippen MR) is 95.7 cm³/mol. The van der Waals surface area contributed by atoms with Crippen molar-refractivity contribution < 1.29 is 19.1 Å². The van der Waals surface area contributed by atoms with Gasteiger partial charge in [-0.25, -0.2) is 19.1 Å². The van der Waals surface area contributed by atoms with Gasteiger partial charge in [0.2, 0.25) is 5.95 Å². The fourth-order valence-corrected chi connectivity index (χ4v) is 3.29. The summed E-state index contributed by atoms with van der Waals surface area (Å²) in [6.07, 6.45) is 5.00. The fraction of sp³-hybridized carbons (Fsp3) is 0.556. The van der Waals surface area contributed by atoms with Crippen LogP contribution in [0, 0.1) is 6.92 Å². The van der Waals surface area contributed by atoms with Crippen LogP contribution < -0.4 is 4.90 Å². The van der Waals surface area contributed by atoms with E-state index in [4.69, 9.17) is 9.47 Å². The van der Waals surface area contributed by atoms with Crippen molar-refractivity contribution in [3.63, 3.8) is 0 Å². The SMILES string of the molecule is CCOC(=O)c1c(C(=O)OCC)c2cnc(N3CCCCC3)nn2c1C. The highest BCUT2D eigenvalue weighted by atomic mass is 16.5. The Morgan fingerprint density at radius 1 is 1.04 bits per heavy atom. The van der Waals surface area contributed by atoms with Crippen molar-refractivity contribution in [2.45, 2.75) is 40.0 Å². The number of ether oxygens (including phenoxy) is 2. The lowest BCUT2D eigenvalue weighted by molar-refractivity contribution is 0.0481. The average molecular weight is 360 g/mol. The Balaban J connectivity index is 2.13. The van der Waals surface area contributed by atoms with Crippen molar-refractivity contribution in [1.82, 2.24) is 14.6 Å². The minimum atomic E-state index is -0.574. The van der Waals surface area contributed by atoms with Crippen molar-refractivity contribution in [1.29, 1.82) is 0 Å². The monoisotopic (exact) mass is 360 g/mol. The summed E-state index contributed by atoms with van der Waals surface area (Å²) < 4.78 is 11.9. The van der Waals surface area contributed by atoms with Gasteiger partial charge in [-0.1, -0.05) is 0 Å². The molecule has 0 bridgehead atoms. The molecule has 26 heavy (non-hydrogen) atoms. The second-order valence-electron chi connectivity index (χ2n) is 6.18. The van der Waals surface area contributed by atoms with E-state index < -0.39 is 11.9 Å². The molecule has 1 aliphatic rings. The largest absolute Gasteiger partial charge is 0.462 e. The minimum absolute atomic E-state index is 0.160. The number of fused-ring (bicyclic) bond motifs is 1. The van der Waals surface area contributed by atoms with Crippen molar-refractivity contribution in [2.24, 2.45) is 0 Å². The molecule has 0 atom stereocenters. The van der Waals surface area contributed by atoms with Gasteiger partial charge in [-0.2, -0.15) is 0 Å². The maximum Gasteiger partial charge on any atom is 0.341 e. The highest BCUT2D eigenvalue weighted by molar-refractivity contribution is 6.09. The molecule has 8 heteroatoms. The van der Waals surface area contributed by atoms with E-state index >= 15 is 0 Å². The van der Waals surface area contributed by atoms with Crippen LogP contribution in [0.3, 0.4) is 0 Å². The quantitative estimate of drug-likeness (QED) is 0.757. The second kappa shape index (κ2) is 7.72. The zero-order valence-corrected chi connectivity index (χ0v) is 15.4. The van der Waals surface area contributed by atoms with Gasteiger partial charge in [0.05, 0.1) is 36.2 Å². The van der Waals surface area contributed by atoms with Gasteiger partial charge < -0.3 is 14.4 Å². The number of aromatic nitrogens is 3. The molecule has 8 nitrogen and oxygen atoms in total. The molecule has 2 aromatic rings. The molecule has 0 saturated carbocycles. The van der Waals surface area contributed by atoms with Crippen LogP contribution in [0.1, 0.15) is 59.5 Å². The van der Waals surface area contributed by atoms with Gasteiger partial charge in [-0.3, -0.25) is 0 Å². The maximum atomic E-state index is 12.5. The minimum Gasteiger partial charge on any atom is -0.462 e. The number of carbonyl (C=O) groups excluding carboxylic acids is 2. The van der Waals surface area contributed by atoms with Gasteiger partial charge in [0, 0.05) is 13.1 Å². The smallest absolute Gasteiger partial charge is 0.341 e. The Kier molecular flexibility index (Phi) is 5.39. The lowest BCUT2D eigenvalue weighted by atomic mass is 10.1. The number of aryl methyl sites for hydroxylation is 1. The van der Waals surface area contributed by atoms with E-state index in [0.29, 0.717) is 17.2 Å². The number of anilines is 1.